The van der Waals surface area contributed by atoms with E-state index in [1.165, 1.54) is 58.7 Å². The number of aliphatic imine (C=N–C) groups is 1. The van der Waals surface area contributed by atoms with Crippen LogP contribution in [0.3, 0.4) is 0 Å². The Morgan fingerprint density at radius 1 is 1.12 bits per heavy atom. The Balaban J connectivity index is 1.56. The third kappa shape index (κ3) is 4.21. The third-order valence-electron chi connectivity index (χ3n) is 5.93. The topological polar surface area (TPSA) is 37.4 Å². The first-order valence-corrected chi connectivity index (χ1v) is 9.91. The number of piperazine rings is 3. The van der Waals surface area contributed by atoms with Crippen LogP contribution in [0.25, 0.3) is 0 Å². The SMILES string of the molecule is CCNC(=NCC1CN2CCN1CC2)N(C)CC1CCCN1CC. The Bertz CT molecular complexity index is 418. The minimum Gasteiger partial charge on any atom is -0.357 e. The highest BCUT2D eigenvalue weighted by atomic mass is 15.4. The van der Waals surface area contributed by atoms with Gasteiger partial charge in [0, 0.05) is 64.9 Å². The van der Waals surface area contributed by atoms with Crippen LogP contribution in [0, 0.1) is 0 Å². The molecule has 4 aliphatic heterocycles. The first-order valence-electron chi connectivity index (χ1n) is 9.91. The molecule has 0 saturated carbocycles. The largest absolute Gasteiger partial charge is 0.357 e. The molecule has 0 amide bonds. The number of hydrogen-bond donors (Lipinski definition) is 1. The maximum absolute atomic E-state index is 4.99. The summed E-state index contributed by atoms with van der Waals surface area (Å²) in [5.74, 6) is 1.08. The third-order valence-corrected chi connectivity index (χ3v) is 5.93. The molecular formula is C18H36N6. The summed E-state index contributed by atoms with van der Waals surface area (Å²) in [6.07, 6.45) is 2.66. The zero-order valence-corrected chi connectivity index (χ0v) is 15.9. The highest BCUT2D eigenvalue weighted by molar-refractivity contribution is 5.79. The normalized spacial score (nSPS) is 33.9. The average molecular weight is 337 g/mol. The summed E-state index contributed by atoms with van der Waals surface area (Å²) in [5, 5.41) is 3.50. The molecule has 24 heavy (non-hydrogen) atoms. The van der Waals surface area contributed by atoms with Crippen LogP contribution in [0.15, 0.2) is 4.99 Å². The maximum atomic E-state index is 4.99. The van der Waals surface area contributed by atoms with Gasteiger partial charge in [0.2, 0.25) is 0 Å². The average Bonchev–Trinajstić information content (AvgIpc) is 3.06. The van der Waals surface area contributed by atoms with E-state index in [0.29, 0.717) is 12.1 Å². The lowest BCUT2D eigenvalue weighted by atomic mass is 10.1. The molecule has 6 heteroatoms. The summed E-state index contributed by atoms with van der Waals surface area (Å²) in [5.41, 5.74) is 0. The standard InChI is InChI=1S/C18H36N6/c1-4-19-18(21(3)14-16-7-6-8-23(16)5-2)20-13-17-15-22-9-11-24(17)12-10-22/h16-17H,4-15H2,1-3H3,(H,19,20). The van der Waals surface area contributed by atoms with Crippen LogP contribution in [0.4, 0.5) is 0 Å². The summed E-state index contributed by atoms with van der Waals surface area (Å²) in [7, 11) is 2.20. The minimum atomic E-state index is 0.605. The van der Waals surface area contributed by atoms with Crippen molar-refractivity contribution in [2.24, 2.45) is 4.99 Å². The smallest absolute Gasteiger partial charge is 0.193 e. The summed E-state index contributed by atoms with van der Waals surface area (Å²) < 4.78 is 0. The Labute approximate surface area is 147 Å². The summed E-state index contributed by atoms with van der Waals surface area (Å²) in [4.78, 5) is 15.2. The van der Waals surface area contributed by atoms with E-state index in [1.807, 2.05) is 0 Å². The van der Waals surface area contributed by atoms with Gasteiger partial charge >= 0.3 is 0 Å². The Morgan fingerprint density at radius 3 is 2.54 bits per heavy atom. The van der Waals surface area contributed by atoms with Gasteiger partial charge in [-0.05, 0) is 32.9 Å². The molecule has 138 valence electrons. The van der Waals surface area contributed by atoms with Crippen molar-refractivity contribution >= 4 is 5.96 Å². The number of likely N-dealkylation sites (N-methyl/N-ethyl adjacent to an activating group) is 2. The summed E-state index contributed by atoms with van der Waals surface area (Å²) in [6, 6.07) is 1.29. The fourth-order valence-corrected chi connectivity index (χ4v) is 4.48. The molecule has 4 saturated heterocycles. The molecule has 0 aliphatic carbocycles. The molecule has 0 spiro atoms. The molecule has 0 aromatic carbocycles. The van der Waals surface area contributed by atoms with E-state index in [0.717, 1.165) is 25.6 Å². The highest BCUT2D eigenvalue weighted by Gasteiger charge is 2.31. The van der Waals surface area contributed by atoms with Gasteiger partial charge in [-0.25, -0.2) is 0 Å². The van der Waals surface area contributed by atoms with Crippen molar-refractivity contribution in [1.82, 2.24) is 24.9 Å². The first-order chi connectivity index (χ1) is 11.7. The van der Waals surface area contributed by atoms with Gasteiger partial charge in [0.25, 0.3) is 0 Å². The van der Waals surface area contributed by atoms with Gasteiger partial charge in [0.1, 0.15) is 0 Å². The molecule has 0 aromatic rings. The molecule has 1 N–H and O–H groups in total. The lowest BCUT2D eigenvalue weighted by Gasteiger charge is -2.47. The van der Waals surface area contributed by atoms with E-state index in [2.05, 4.69) is 45.8 Å². The van der Waals surface area contributed by atoms with Crippen molar-refractivity contribution in [2.45, 2.75) is 38.8 Å². The van der Waals surface area contributed by atoms with Crippen molar-refractivity contribution in [3.8, 4) is 0 Å². The van der Waals surface area contributed by atoms with Crippen LogP contribution >= 0.6 is 0 Å². The van der Waals surface area contributed by atoms with Crippen molar-refractivity contribution in [2.75, 3.05) is 72.5 Å². The van der Waals surface area contributed by atoms with Crippen molar-refractivity contribution in [3.05, 3.63) is 0 Å². The lowest BCUT2D eigenvalue weighted by molar-refractivity contribution is 0.0173. The monoisotopic (exact) mass is 336 g/mol. The van der Waals surface area contributed by atoms with Gasteiger partial charge in [0.15, 0.2) is 5.96 Å². The molecule has 6 nitrogen and oxygen atoms in total. The number of likely N-dealkylation sites (tertiary alicyclic amines) is 1. The van der Waals surface area contributed by atoms with Crippen LogP contribution in [0.5, 0.6) is 0 Å². The molecular weight excluding hydrogens is 300 g/mol. The number of nitrogens with one attached hydrogen (secondary N) is 1. The Morgan fingerprint density at radius 2 is 1.92 bits per heavy atom. The van der Waals surface area contributed by atoms with Crippen LogP contribution in [-0.4, -0.2) is 110 Å². The lowest BCUT2D eigenvalue weighted by Crippen LogP contribution is -2.62. The van der Waals surface area contributed by atoms with E-state index in [9.17, 15) is 0 Å². The number of nitrogens with zero attached hydrogens (tertiary/aromatic N) is 5. The summed E-state index contributed by atoms with van der Waals surface area (Å²) >= 11 is 0. The molecule has 2 atom stereocenters. The summed E-state index contributed by atoms with van der Waals surface area (Å²) in [6.45, 7) is 15.9. The number of fused-ring (bicyclic) bond motifs is 3. The molecule has 4 aliphatic rings. The van der Waals surface area contributed by atoms with Crippen molar-refractivity contribution in [3.63, 3.8) is 0 Å². The van der Waals surface area contributed by atoms with Gasteiger partial charge in [0.05, 0.1) is 6.54 Å². The molecule has 0 aromatic heterocycles. The fraction of sp³-hybridized carbons (Fsp3) is 0.944. The molecule has 4 fully saturated rings. The molecule has 0 radical (unpaired) electrons. The zero-order chi connectivity index (χ0) is 16.9. The first kappa shape index (κ1) is 18.0. The minimum absolute atomic E-state index is 0.605. The predicted molar refractivity (Wildman–Crippen MR) is 101 cm³/mol. The van der Waals surface area contributed by atoms with E-state index >= 15 is 0 Å². The number of hydrogen-bond acceptors (Lipinski definition) is 4. The van der Waals surface area contributed by atoms with Gasteiger partial charge < -0.3 is 10.2 Å². The van der Waals surface area contributed by atoms with Crippen molar-refractivity contribution in [1.29, 1.82) is 0 Å². The maximum Gasteiger partial charge on any atom is 0.193 e. The van der Waals surface area contributed by atoms with Gasteiger partial charge in [-0.3, -0.25) is 19.7 Å². The Hall–Kier alpha value is -0.850. The van der Waals surface area contributed by atoms with E-state index < -0.39 is 0 Å². The second-order valence-electron chi connectivity index (χ2n) is 7.49. The highest BCUT2D eigenvalue weighted by Crippen LogP contribution is 2.18. The van der Waals surface area contributed by atoms with Crippen LogP contribution in [0.2, 0.25) is 0 Å². The quantitative estimate of drug-likeness (QED) is 0.560. The fourth-order valence-electron chi connectivity index (χ4n) is 4.48. The molecule has 2 bridgehead atoms. The number of rotatable bonds is 6. The molecule has 4 heterocycles. The van der Waals surface area contributed by atoms with Gasteiger partial charge in [-0.1, -0.05) is 6.92 Å². The van der Waals surface area contributed by atoms with E-state index in [4.69, 9.17) is 4.99 Å². The molecule has 4 rings (SSSR count). The van der Waals surface area contributed by atoms with Crippen molar-refractivity contribution < 1.29 is 0 Å². The molecule has 2 unspecified atom stereocenters. The Kier molecular flexibility index (Phi) is 6.36. The van der Waals surface area contributed by atoms with Crippen LogP contribution in [-0.2, 0) is 0 Å². The second-order valence-corrected chi connectivity index (χ2v) is 7.49. The predicted octanol–water partition coefficient (Wildman–Crippen LogP) is 0.368. The van der Waals surface area contributed by atoms with Crippen LogP contribution in [0.1, 0.15) is 26.7 Å². The van der Waals surface area contributed by atoms with E-state index in [-0.39, 0.29) is 0 Å². The van der Waals surface area contributed by atoms with E-state index in [1.54, 1.807) is 0 Å². The second kappa shape index (κ2) is 8.50. The zero-order valence-electron chi connectivity index (χ0n) is 15.9. The van der Waals surface area contributed by atoms with Gasteiger partial charge in [-0.2, -0.15) is 0 Å². The number of guanidine groups is 1. The van der Waals surface area contributed by atoms with Crippen LogP contribution < -0.4 is 5.32 Å². The van der Waals surface area contributed by atoms with Gasteiger partial charge in [-0.15, -0.1) is 0 Å².